The number of rotatable bonds is 11. The van der Waals surface area contributed by atoms with Crippen LogP contribution in [0.25, 0.3) is 22.5 Å². The second-order valence-electron chi connectivity index (χ2n) is 8.54. The molecule has 8 nitrogen and oxygen atoms in total. The maximum absolute atomic E-state index is 13.1. The minimum absolute atomic E-state index is 0.0277. The molecular weight excluding hydrogens is 430 g/mol. The molecule has 2 aromatic carbocycles. The summed E-state index contributed by atoms with van der Waals surface area (Å²) in [5, 5.41) is 14.4. The quantitative estimate of drug-likeness (QED) is 0.416. The number of hydrogen-bond donors (Lipinski definition) is 1. The lowest BCUT2D eigenvalue weighted by molar-refractivity contribution is -0.157. The van der Waals surface area contributed by atoms with E-state index in [1.54, 1.807) is 11.8 Å². The molecule has 0 saturated heterocycles. The van der Waals surface area contributed by atoms with Gasteiger partial charge in [-0.25, -0.2) is 4.79 Å². The number of esters is 1. The van der Waals surface area contributed by atoms with Crippen LogP contribution >= 0.6 is 0 Å². The average molecular weight is 464 g/mol. The van der Waals surface area contributed by atoms with Crippen LogP contribution in [-0.4, -0.2) is 50.0 Å². The Morgan fingerprint density at radius 1 is 1.03 bits per heavy atom. The summed E-state index contributed by atoms with van der Waals surface area (Å²) in [6.45, 7) is 8.35. The van der Waals surface area contributed by atoms with Crippen LogP contribution in [0.1, 0.15) is 52.5 Å². The highest BCUT2D eigenvalue weighted by Crippen LogP contribution is 2.30. The average Bonchev–Trinajstić information content (AvgIpc) is 3.37. The molecule has 1 atom stereocenters. The fraction of sp³-hybridized carbons (Fsp3) is 0.423. The maximum atomic E-state index is 13.1. The third-order valence-corrected chi connectivity index (χ3v) is 5.69. The van der Waals surface area contributed by atoms with Gasteiger partial charge in [-0.2, -0.15) is 5.21 Å². The normalized spacial score (nSPS) is 11.9. The van der Waals surface area contributed by atoms with E-state index in [-0.39, 0.29) is 24.4 Å². The molecule has 0 fully saturated rings. The molecule has 1 N–H and O–H groups in total. The predicted molar refractivity (Wildman–Crippen MR) is 130 cm³/mol. The van der Waals surface area contributed by atoms with Gasteiger partial charge in [0.25, 0.3) is 0 Å². The van der Waals surface area contributed by atoms with E-state index in [0.717, 1.165) is 35.1 Å². The summed E-state index contributed by atoms with van der Waals surface area (Å²) in [6, 6.07) is 15.2. The molecule has 0 radical (unpaired) electrons. The molecule has 1 heterocycles. The van der Waals surface area contributed by atoms with Gasteiger partial charge >= 0.3 is 5.97 Å². The second-order valence-corrected chi connectivity index (χ2v) is 8.54. The largest absolute Gasteiger partial charge is 0.464 e. The molecule has 3 rings (SSSR count). The van der Waals surface area contributed by atoms with Gasteiger partial charge in [-0.15, -0.1) is 10.2 Å². The van der Waals surface area contributed by atoms with E-state index in [0.29, 0.717) is 18.8 Å². The number of H-pyrrole nitrogens is 1. The summed E-state index contributed by atoms with van der Waals surface area (Å²) >= 11 is 0. The van der Waals surface area contributed by atoms with Gasteiger partial charge in [0.15, 0.2) is 0 Å². The van der Waals surface area contributed by atoms with E-state index in [4.69, 9.17) is 4.74 Å². The van der Waals surface area contributed by atoms with Gasteiger partial charge in [0.1, 0.15) is 6.04 Å². The molecule has 0 aliphatic heterocycles. The van der Waals surface area contributed by atoms with Crippen LogP contribution in [0.4, 0.5) is 0 Å². The topological polar surface area (TPSA) is 101 Å². The number of carbonyl (C=O) groups is 2. The Hall–Kier alpha value is -3.55. The highest BCUT2D eigenvalue weighted by Gasteiger charge is 2.33. The molecule has 0 aliphatic rings. The van der Waals surface area contributed by atoms with Crippen molar-refractivity contribution in [2.75, 3.05) is 6.61 Å². The maximum Gasteiger partial charge on any atom is 0.329 e. The van der Waals surface area contributed by atoms with E-state index in [2.05, 4.69) is 20.6 Å². The van der Waals surface area contributed by atoms with Crippen LogP contribution in [0.15, 0.2) is 48.5 Å². The van der Waals surface area contributed by atoms with Gasteiger partial charge in [-0.1, -0.05) is 75.7 Å². The van der Waals surface area contributed by atoms with E-state index < -0.39 is 6.04 Å². The number of carbonyl (C=O) groups excluding carboxylic acids is 2. The summed E-state index contributed by atoms with van der Waals surface area (Å²) in [5.41, 5.74) is 3.81. The first-order valence-electron chi connectivity index (χ1n) is 11.8. The van der Waals surface area contributed by atoms with Crippen LogP contribution in [-0.2, 0) is 20.9 Å². The zero-order chi connectivity index (χ0) is 24.5. The van der Waals surface area contributed by atoms with E-state index in [9.17, 15) is 9.59 Å². The molecular formula is C26H33N5O3. The predicted octanol–water partition coefficient (Wildman–Crippen LogP) is 4.64. The van der Waals surface area contributed by atoms with Crippen molar-refractivity contribution in [3.05, 3.63) is 54.1 Å². The van der Waals surface area contributed by atoms with Crippen molar-refractivity contribution in [1.82, 2.24) is 25.5 Å². The molecule has 0 saturated carbocycles. The van der Waals surface area contributed by atoms with Crippen molar-refractivity contribution in [2.45, 2.75) is 59.5 Å². The molecule has 1 aromatic heterocycles. The third-order valence-electron chi connectivity index (χ3n) is 5.69. The number of unbranched alkanes of at least 4 members (excludes halogenated alkanes) is 1. The molecule has 3 aromatic rings. The number of tetrazole rings is 1. The Kier molecular flexibility index (Phi) is 8.90. The number of nitrogens with zero attached hydrogens (tertiary/aromatic N) is 4. The highest BCUT2D eigenvalue weighted by atomic mass is 16.5. The number of hydrogen-bond acceptors (Lipinski definition) is 6. The van der Waals surface area contributed by atoms with Crippen molar-refractivity contribution in [3.8, 4) is 22.5 Å². The molecule has 0 spiro atoms. The van der Waals surface area contributed by atoms with E-state index in [1.807, 2.05) is 69.3 Å². The number of aromatic nitrogens is 4. The van der Waals surface area contributed by atoms with Gasteiger partial charge < -0.3 is 9.64 Å². The van der Waals surface area contributed by atoms with Crippen LogP contribution in [0.2, 0.25) is 0 Å². The van der Waals surface area contributed by atoms with Crippen LogP contribution in [0, 0.1) is 5.92 Å². The first kappa shape index (κ1) is 25.1. The molecule has 8 heteroatoms. The van der Waals surface area contributed by atoms with Gasteiger partial charge in [-0.3, -0.25) is 4.79 Å². The summed E-state index contributed by atoms with van der Waals surface area (Å²) in [6.07, 6.45) is 2.11. The lowest BCUT2D eigenvalue weighted by atomic mass is 9.97. The molecule has 0 unspecified atom stereocenters. The summed E-state index contributed by atoms with van der Waals surface area (Å²) in [5.74, 6) is 0.0838. The fourth-order valence-corrected chi connectivity index (χ4v) is 3.99. The molecule has 0 aliphatic carbocycles. The number of nitrogens with one attached hydrogen (secondary N) is 1. The van der Waals surface area contributed by atoms with Crippen molar-refractivity contribution in [2.24, 2.45) is 5.92 Å². The number of benzene rings is 2. The van der Waals surface area contributed by atoms with Crippen molar-refractivity contribution in [1.29, 1.82) is 0 Å². The Morgan fingerprint density at radius 2 is 1.74 bits per heavy atom. The number of ether oxygens (including phenoxy) is 1. The highest BCUT2D eigenvalue weighted by molar-refractivity contribution is 5.85. The lowest BCUT2D eigenvalue weighted by Gasteiger charge is -2.33. The SMILES string of the molecule is CCCCC(=O)N(Cc1ccc(-c2ccccc2-c2nn[nH]n2)cc1)[C@H](C(=O)OCC)C(C)C. The van der Waals surface area contributed by atoms with E-state index in [1.165, 1.54) is 0 Å². The summed E-state index contributed by atoms with van der Waals surface area (Å²) in [4.78, 5) is 27.6. The Balaban J connectivity index is 1.88. The van der Waals surface area contributed by atoms with Crippen LogP contribution < -0.4 is 0 Å². The Bertz CT molecular complexity index is 1060. The zero-order valence-electron chi connectivity index (χ0n) is 20.3. The lowest BCUT2D eigenvalue weighted by Crippen LogP contribution is -2.48. The first-order chi connectivity index (χ1) is 16.5. The first-order valence-corrected chi connectivity index (χ1v) is 11.8. The van der Waals surface area contributed by atoms with Crippen molar-refractivity contribution in [3.63, 3.8) is 0 Å². The van der Waals surface area contributed by atoms with Crippen LogP contribution in [0.3, 0.4) is 0 Å². The minimum atomic E-state index is -0.622. The number of amides is 1. The Morgan fingerprint density at radius 3 is 2.32 bits per heavy atom. The molecule has 180 valence electrons. The molecule has 1 amide bonds. The third kappa shape index (κ3) is 6.07. The Labute approximate surface area is 200 Å². The zero-order valence-corrected chi connectivity index (χ0v) is 20.3. The van der Waals surface area contributed by atoms with Crippen LogP contribution in [0.5, 0.6) is 0 Å². The monoisotopic (exact) mass is 463 g/mol. The van der Waals surface area contributed by atoms with Crippen molar-refractivity contribution < 1.29 is 14.3 Å². The van der Waals surface area contributed by atoms with Crippen molar-refractivity contribution >= 4 is 11.9 Å². The van der Waals surface area contributed by atoms with Gasteiger partial charge in [0.05, 0.1) is 6.61 Å². The fourth-order valence-electron chi connectivity index (χ4n) is 3.99. The summed E-state index contributed by atoms with van der Waals surface area (Å²) < 4.78 is 5.31. The second kappa shape index (κ2) is 12.1. The van der Waals surface area contributed by atoms with Gasteiger partial charge in [0.2, 0.25) is 11.7 Å². The standard InChI is InChI=1S/C26H33N5O3/c1-5-7-12-23(32)31(24(18(3)4)26(33)34-6-2)17-19-13-15-20(16-14-19)21-10-8-9-11-22(21)25-27-29-30-28-25/h8-11,13-16,18,24H,5-7,12,17H2,1-4H3,(H,27,28,29,30)/t24-/m0/s1. The minimum Gasteiger partial charge on any atom is -0.464 e. The molecule has 0 bridgehead atoms. The van der Waals surface area contributed by atoms with E-state index >= 15 is 0 Å². The summed E-state index contributed by atoms with van der Waals surface area (Å²) in [7, 11) is 0. The number of aromatic amines is 1. The van der Waals surface area contributed by atoms with Gasteiger partial charge in [-0.05, 0) is 41.2 Å². The molecule has 34 heavy (non-hydrogen) atoms. The van der Waals surface area contributed by atoms with Gasteiger partial charge in [0, 0.05) is 18.5 Å². The smallest absolute Gasteiger partial charge is 0.329 e.